The zero-order valence-corrected chi connectivity index (χ0v) is 16.0. The number of halogens is 1. The van der Waals surface area contributed by atoms with E-state index in [1.165, 1.54) is 16.8 Å². The van der Waals surface area contributed by atoms with Gasteiger partial charge in [0, 0.05) is 25.7 Å². The number of rotatable bonds is 7. The Morgan fingerprint density at radius 1 is 1.17 bits per heavy atom. The summed E-state index contributed by atoms with van der Waals surface area (Å²) in [5, 5.41) is 7.45. The van der Waals surface area contributed by atoms with Gasteiger partial charge in [-0.15, -0.1) is 0 Å². The molecule has 0 radical (unpaired) electrons. The molecule has 0 atom stereocenters. The highest BCUT2D eigenvalue weighted by Gasteiger charge is 2.19. The van der Waals surface area contributed by atoms with E-state index >= 15 is 0 Å². The lowest BCUT2D eigenvalue weighted by molar-refractivity contribution is 0.0374. The molecule has 29 heavy (non-hydrogen) atoms. The fourth-order valence-electron chi connectivity index (χ4n) is 3.29. The number of hydrogen-bond acceptors (Lipinski definition) is 5. The van der Waals surface area contributed by atoms with Crippen LogP contribution in [0.2, 0.25) is 0 Å². The summed E-state index contributed by atoms with van der Waals surface area (Å²) >= 11 is 0. The Labute approximate surface area is 168 Å². The van der Waals surface area contributed by atoms with Gasteiger partial charge in [0.2, 0.25) is 0 Å². The first-order valence-electron chi connectivity index (χ1n) is 9.69. The summed E-state index contributed by atoms with van der Waals surface area (Å²) in [4.78, 5) is 15.2. The Morgan fingerprint density at radius 3 is 2.69 bits per heavy atom. The minimum absolute atomic E-state index is 0.235. The molecule has 1 N–H and O–H groups in total. The molecule has 1 aliphatic rings. The topological polar surface area (TPSA) is 72.5 Å². The van der Waals surface area contributed by atoms with Gasteiger partial charge in [-0.05, 0) is 49.4 Å². The van der Waals surface area contributed by atoms with Crippen LogP contribution in [0.4, 0.5) is 4.39 Å². The van der Waals surface area contributed by atoms with E-state index in [1.807, 2.05) is 0 Å². The smallest absolute Gasteiger partial charge is 0.270 e. The van der Waals surface area contributed by atoms with Gasteiger partial charge < -0.3 is 14.5 Å². The van der Waals surface area contributed by atoms with Crippen LogP contribution in [-0.2, 0) is 4.74 Å². The highest BCUT2D eigenvalue weighted by Crippen LogP contribution is 2.22. The minimum atomic E-state index is -0.346. The molecule has 1 aliphatic heterocycles. The molecule has 1 amide bonds. The maximum Gasteiger partial charge on any atom is 0.270 e. The standard InChI is InChI=1S/C21H23FN4O3/c22-16-4-6-17(7-5-16)26-19(15-18(24-26)20-3-1-12-29-20)21(27)23-8-2-9-25-10-13-28-14-11-25/h1,3-7,12,15H,2,8-11,13-14H2,(H,23,27). The summed E-state index contributed by atoms with van der Waals surface area (Å²) in [6.45, 7) is 4.85. The summed E-state index contributed by atoms with van der Waals surface area (Å²) in [7, 11) is 0. The number of nitrogens with one attached hydrogen (secondary N) is 1. The molecule has 1 fully saturated rings. The fraction of sp³-hybridized carbons (Fsp3) is 0.333. The number of carbonyl (C=O) groups excluding carboxylic acids is 1. The zero-order chi connectivity index (χ0) is 20.1. The number of aromatic nitrogens is 2. The first-order chi connectivity index (χ1) is 14.2. The highest BCUT2D eigenvalue weighted by molar-refractivity contribution is 5.94. The van der Waals surface area contributed by atoms with Crippen LogP contribution >= 0.6 is 0 Å². The summed E-state index contributed by atoms with van der Waals surface area (Å²) in [5.41, 5.74) is 1.51. The fourth-order valence-corrected chi connectivity index (χ4v) is 3.29. The largest absolute Gasteiger partial charge is 0.463 e. The van der Waals surface area contributed by atoms with Crippen molar-refractivity contribution in [2.24, 2.45) is 0 Å². The van der Waals surface area contributed by atoms with Crippen LogP contribution in [0.15, 0.2) is 53.1 Å². The first kappa shape index (κ1) is 19.4. The van der Waals surface area contributed by atoms with Crippen LogP contribution in [0.5, 0.6) is 0 Å². The predicted molar refractivity (Wildman–Crippen MR) is 105 cm³/mol. The van der Waals surface area contributed by atoms with Crippen LogP contribution in [0.25, 0.3) is 17.1 Å². The van der Waals surface area contributed by atoms with Gasteiger partial charge in [0.1, 0.15) is 17.2 Å². The maximum absolute atomic E-state index is 13.3. The van der Waals surface area contributed by atoms with E-state index in [0.29, 0.717) is 29.4 Å². The summed E-state index contributed by atoms with van der Waals surface area (Å²) < 4.78 is 25.6. The van der Waals surface area contributed by atoms with Gasteiger partial charge in [-0.25, -0.2) is 9.07 Å². The molecule has 0 bridgehead atoms. The second kappa shape index (κ2) is 9.02. The molecule has 1 aromatic carbocycles. The van der Waals surface area contributed by atoms with Crippen molar-refractivity contribution in [2.75, 3.05) is 39.4 Å². The lowest BCUT2D eigenvalue weighted by Gasteiger charge is -2.26. The van der Waals surface area contributed by atoms with Crippen molar-refractivity contribution in [1.82, 2.24) is 20.0 Å². The average molecular weight is 398 g/mol. The van der Waals surface area contributed by atoms with Gasteiger partial charge in [0.25, 0.3) is 5.91 Å². The van der Waals surface area contributed by atoms with Crippen molar-refractivity contribution in [1.29, 1.82) is 0 Å². The molecule has 2 aromatic heterocycles. The molecule has 1 saturated heterocycles. The molecule has 3 aromatic rings. The number of ether oxygens (including phenoxy) is 1. The van der Waals surface area contributed by atoms with Crippen LogP contribution in [0.1, 0.15) is 16.9 Å². The van der Waals surface area contributed by atoms with Gasteiger partial charge >= 0.3 is 0 Å². The van der Waals surface area contributed by atoms with E-state index < -0.39 is 0 Å². The number of furan rings is 1. The second-order valence-electron chi connectivity index (χ2n) is 6.84. The van der Waals surface area contributed by atoms with Gasteiger partial charge in [0.05, 0.1) is 25.2 Å². The van der Waals surface area contributed by atoms with Crippen LogP contribution in [0.3, 0.4) is 0 Å². The van der Waals surface area contributed by atoms with Crippen molar-refractivity contribution in [3.63, 3.8) is 0 Å². The Kier molecular flexibility index (Phi) is 6.02. The van der Waals surface area contributed by atoms with Crippen molar-refractivity contribution >= 4 is 5.91 Å². The lowest BCUT2D eigenvalue weighted by Crippen LogP contribution is -2.38. The molecular weight excluding hydrogens is 375 g/mol. The van der Waals surface area contributed by atoms with E-state index in [4.69, 9.17) is 9.15 Å². The molecule has 0 unspecified atom stereocenters. The van der Waals surface area contributed by atoms with Crippen molar-refractivity contribution in [2.45, 2.75) is 6.42 Å². The SMILES string of the molecule is O=C(NCCCN1CCOCC1)c1cc(-c2ccco2)nn1-c1ccc(F)cc1. The van der Waals surface area contributed by atoms with Crippen LogP contribution in [-0.4, -0.2) is 60.0 Å². The zero-order valence-electron chi connectivity index (χ0n) is 16.0. The number of hydrogen-bond donors (Lipinski definition) is 1. The molecule has 0 aliphatic carbocycles. The van der Waals surface area contributed by atoms with E-state index in [1.54, 1.807) is 36.6 Å². The summed E-state index contributed by atoms with van der Waals surface area (Å²) in [6.07, 6.45) is 2.40. The quantitative estimate of drug-likeness (QED) is 0.620. The predicted octanol–water partition coefficient (Wildman–Crippen LogP) is 2.72. The lowest BCUT2D eigenvalue weighted by atomic mass is 10.2. The minimum Gasteiger partial charge on any atom is -0.463 e. The van der Waals surface area contributed by atoms with E-state index in [2.05, 4.69) is 15.3 Å². The molecule has 8 heteroatoms. The molecule has 3 heterocycles. The third-order valence-corrected chi connectivity index (χ3v) is 4.83. The van der Waals surface area contributed by atoms with Crippen LogP contribution < -0.4 is 5.32 Å². The van der Waals surface area contributed by atoms with Gasteiger partial charge in [-0.2, -0.15) is 5.10 Å². The maximum atomic E-state index is 13.3. The Morgan fingerprint density at radius 2 is 1.97 bits per heavy atom. The number of carbonyl (C=O) groups is 1. The Hall–Kier alpha value is -2.97. The molecule has 7 nitrogen and oxygen atoms in total. The van der Waals surface area contributed by atoms with Gasteiger partial charge in [0.15, 0.2) is 5.76 Å². The molecule has 4 rings (SSSR count). The second-order valence-corrected chi connectivity index (χ2v) is 6.84. The summed E-state index contributed by atoms with van der Waals surface area (Å²) in [6, 6.07) is 11.1. The van der Waals surface area contributed by atoms with Crippen LogP contribution in [0, 0.1) is 5.82 Å². The number of nitrogens with zero attached hydrogens (tertiary/aromatic N) is 3. The first-order valence-corrected chi connectivity index (χ1v) is 9.69. The molecule has 152 valence electrons. The molecule has 0 spiro atoms. The molecular formula is C21H23FN4O3. The Bertz CT molecular complexity index is 932. The van der Waals surface area contributed by atoms with E-state index in [9.17, 15) is 9.18 Å². The van der Waals surface area contributed by atoms with E-state index in [0.717, 1.165) is 39.3 Å². The highest BCUT2D eigenvalue weighted by atomic mass is 19.1. The number of benzene rings is 1. The average Bonchev–Trinajstić information content (AvgIpc) is 3.42. The normalized spacial score (nSPS) is 14.8. The molecule has 0 saturated carbocycles. The number of amides is 1. The van der Waals surface area contributed by atoms with Crippen molar-refractivity contribution in [3.8, 4) is 17.1 Å². The third kappa shape index (κ3) is 4.72. The monoisotopic (exact) mass is 398 g/mol. The third-order valence-electron chi connectivity index (χ3n) is 4.83. The van der Waals surface area contributed by atoms with E-state index in [-0.39, 0.29) is 11.7 Å². The van der Waals surface area contributed by atoms with Crippen molar-refractivity contribution in [3.05, 3.63) is 60.2 Å². The Balaban J connectivity index is 1.47. The summed E-state index contributed by atoms with van der Waals surface area (Å²) in [5.74, 6) is -0.0184. The number of morpholine rings is 1. The van der Waals surface area contributed by atoms with Gasteiger partial charge in [-0.3, -0.25) is 9.69 Å². The van der Waals surface area contributed by atoms with Crippen molar-refractivity contribution < 1.29 is 18.3 Å². The van der Waals surface area contributed by atoms with Gasteiger partial charge in [-0.1, -0.05) is 0 Å².